The van der Waals surface area contributed by atoms with Crippen molar-refractivity contribution in [3.63, 3.8) is 0 Å². The number of halogens is 3. The molecule has 0 spiro atoms. The fourth-order valence-electron chi connectivity index (χ4n) is 1.62. The molecule has 0 bridgehead atoms. The lowest BCUT2D eigenvalue weighted by molar-refractivity contribution is -0.220. The van der Waals surface area contributed by atoms with Gasteiger partial charge in [0.2, 0.25) is 5.71 Å². The molecule has 0 saturated heterocycles. The molecule has 19 heavy (non-hydrogen) atoms. The van der Waals surface area contributed by atoms with Crippen molar-refractivity contribution in [2.75, 3.05) is 10.6 Å². The predicted molar refractivity (Wildman–Crippen MR) is 58.9 cm³/mol. The van der Waals surface area contributed by atoms with E-state index in [2.05, 4.69) is 10.5 Å². The fourth-order valence-corrected chi connectivity index (χ4v) is 1.62. The first-order chi connectivity index (χ1) is 8.79. The number of hydrogen-bond donors (Lipinski definition) is 4. The molecule has 1 atom stereocenters. The largest absolute Gasteiger partial charge is 0.443 e. The normalized spacial score (nSPS) is 25.3. The maximum atomic E-state index is 12.9. The Balaban J connectivity index is 2.63. The van der Waals surface area contributed by atoms with Crippen LogP contribution in [0.2, 0.25) is 0 Å². The van der Waals surface area contributed by atoms with Crippen LogP contribution < -0.4 is 10.6 Å². The molecule has 1 aromatic rings. The molecule has 0 aromatic heterocycles. The summed E-state index contributed by atoms with van der Waals surface area (Å²) in [7, 11) is 0. The van der Waals surface area contributed by atoms with Gasteiger partial charge in [-0.2, -0.15) is 13.2 Å². The van der Waals surface area contributed by atoms with Crippen LogP contribution in [0.4, 0.5) is 24.5 Å². The molecule has 0 aliphatic carbocycles. The molecule has 1 aromatic carbocycles. The summed E-state index contributed by atoms with van der Waals surface area (Å²) in [6.45, 7) is 0. The molecule has 1 unspecified atom stereocenters. The number of rotatable bonds is 0. The Kier molecular flexibility index (Phi) is 2.85. The Morgan fingerprint density at radius 2 is 1.79 bits per heavy atom. The first-order valence-electron chi connectivity index (χ1n) is 5.00. The van der Waals surface area contributed by atoms with E-state index in [9.17, 15) is 23.1 Å². The number of anilines is 2. The zero-order chi connectivity index (χ0) is 14.3. The molecular weight excluding hydrogens is 267 g/mol. The van der Waals surface area contributed by atoms with Crippen LogP contribution in [0.5, 0.6) is 0 Å². The lowest BCUT2D eigenvalue weighted by Crippen LogP contribution is -2.60. The lowest BCUT2D eigenvalue weighted by atomic mass is 10.1. The molecule has 2 rings (SSSR count). The van der Waals surface area contributed by atoms with E-state index in [1.54, 1.807) is 5.32 Å². The van der Waals surface area contributed by atoms with Crippen LogP contribution >= 0.6 is 0 Å². The van der Waals surface area contributed by atoms with Crippen molar-refractivity contribution in [1.82, 2.24) is 0 Å². The molecule has 1 aliphatic rings. The van der Waals surface area contributed by atoms with Gasteiger partial charge in [0.15, 0.2) is 0 Å². The molecule has 6 nitrogen and oxygen atoms in total. The van der Waals surface area contributed by atoms with Gasteiger partial charge in [-0.1, -0.05) is 17.3 Å². The molecular formula is C10H8F3N3O3. The Bertz CT molecular complexity index is 558. The molecule has 102 valence electrons. The number of carbonyl (C=O) groups excluding carboxylic acids is 1. The zero-order valence-corrected chi connectivity index (χ0v) is 9.19. The fraction of sp³-hybridized carbons (Fsp3) is 0.200. The topological polar surface area (TPSA) is 94.0 Å². The third-order valence-corrected chi connectivity index (χ3v) is 2.56. The van der Waals surface area contributed by atoms with Gasteiger partial charge in [0, 0.05) is 0 Å². The maximum Gasteiger partial charge on any atom is 0.443 e. The SMILES string of the molecule is O=C1Nc2ccccc2NC(O)(C(F)(F)F)/C1=N/O. The molecule has 1 aliphatic heterocycles. The Morgan fingerprint density at radius 1 is 1.21 bits per heavy atom. The summed E-state index contributed by atoms with van der Waals surface area (Å²) in [5, 5.41) is 24.4. The van der Waals surface area contributed by atoms with Crippen LogP contribution in [-0.4, -0.2) is 33.8 Å². The molecule has 4 N–H and O–H groups in total. The number of hydrogen-bond acceptors (Lipinski definition) is 5. The van der Waals surface area contributed by atoms with Crippen molar-refractivity contribution in [2.24, 2.45) is 5.16 Å². The summed E-state index contributed by atoms with van der Waals surface area (Å²) in [5.74, 6) is -1.36. The highest BCUT2D eigenvalue weighted by Gasteiger charge is 2.61. The molecule has 1 amide bonds. The number of nitrogens with one attached hydrogen (secondary N) is 2. The average molecular weight is 275 g/mol. The van der Waals surface area contributed by atoms with Gasteiger partial charge in [0.05, 0.1) is 11.4 Å². The monoisotopic (exact) mass is 275 g/mol. The summed E-state index contributed by atoms with van der Waals surface area (Å²) < 4.78 is 38.8. The lowest BCUT2D eigenvalue weighted by Gasteiger charge is -2.29. The van der Waals surface area contributed by atoms with Gasteiger partial charge in [-0.3, -0.25) is 4.79 Å². The van der Waals surface area contributed by atoms with Gasteiger partial charge in [-0.25, -0.2) is 0 Å². The Hall–Kier alpha value is -2.29. The second-order valence-electron chi connectivity index (χ2n) is 3.78. The van der Waals surface area contributed by atoms with Crippen LogP contribution in [-0.2, 0) is 4.79 Å². The number of benzene rings is 1. The number of para-hydroxylation sites is 2. The number of alkyl halides is 3. The minimum atomic E-state index is -5.26. The zero-order valence-electron chi connectivity index (χ0n) is 9.19. The third kappa shape index (κ3) is 1.97. The van der Waals surface area contributed by atoms with Gasteiger partial charge in [0.25, 0.3) is 11.6 Å². The van der Waals surface area contributed by atoms with E-state index in [0.29, 0.717) is 0 Å². The van der Waals surface area contributed by atoms with Crippen LogP contribution in [0.1, 0.15) is 0 Å². The van der Waals surface area contributed by atoms with E-state index in [1.807, 2.05) is 0 Å². The minimum absolute atomic E-state index is 0.0221. The highest BCUT2D eigenvalue weighted by molar-refractivity contribution is 6.47. The van der Waals surface area contributed by atoms with Crippen LogP contribution in [0, 0.1) is 0 Å². The van der Waals surface area contributed by atoms with Crippen molar-refractivity contribution >= 4 is 23.0 Å². The Morgan fingerprint density at radius 3 is 2.32 bits per heavy atom. The van der Waals surface area contributed by atoms with Gasteiger partial charge in [-0.05, 0) is 12.1 Å². The first-order valence-corrected chi connectivity index (χ1v) is 5.00. The van der Waals surface area contributed by atoms with Gasteiger partial charge in [0.1, 0.15) is 0 Å². The van der Waals surface area contributed by atoms with Crippen LogP contribution in [0.15, 0.2) is 29.4 Å². The molecule has 0 radical (unpaired) electrons. The van der Waals surface area contributed by atoms with Gasteiger partial charge >= 0.3 is 6.18 Å². The van der Waals surface area contributed by atoms with E-state index in [0.717, 1.165) is 0 Å². The van der Waals surface area contributed by atoms with Crippen LogP contribution in [0.3, 0.4) is 0 Å². The summed E-state index contributed by atoms with van der Waals surface area (Å²) in [6.07, 6.45) is -5.26. The van der Waals surface area contributed by atoms with E-state index in [1.165, 1.54) is 24.3 Å². The molecule has 0 fully saturated rings. The summed E-state index contributed by atoms with van der Waals surface area (Å²) in [5.41, 5.74) is -5.40. The smallest absolute Gasteiger partial charge is 0.410 e. The van der Waals surface area contributed by atoms with E-state index < -0.39 is 23.5 Å². The first kappa shape index (κ1) is 13.1. The van der Waals surface area contributed by atoms with Crippen molar-refractivity contribution in [1.29, 1.82) is 0 Å². The Labute approximate surface area is 104 Å². The standard InChI is InChI=1S/C10H8F3N3O3/c11-10(12,13)9(18)7(16-19)8(17)14-5-3-1-2-4-6(5)15-9/h1-4,15,18-19H,(H,14,17)/b16-7+. The van der Waals surface area contributed by atoms with Crippen molar-refractivity contribution in [2.45, 2.75) is 11.9 Å². The van der Waals surface area contributed by atoms with Crippen LogP contribution in [0.25, 0.3) is 0 Å². The van der Waals surface area contributed by atoms with Gasteiger partial charge in [-0.15, -0.1) is 0 Å². The number of carbonyl (C=O) groups is 1. The minimum Gasteiger partial charge on any atom is -0.410 e. The number of oxime groups is 1. The maximum absolute atomic E-state index is 12.9. The highest BCUT2D eigenvalue weighted by Crippen LogP contribution is 2.37. The molecule has 1 heterocycles. The van der Waals surface area contributed by atoms with E-state index in [4.69, 9.17) is 5.21 Å². The second kappa shape index (κ2) is 4.12. The van der Waals surface area contributed by atoms with Crippen molar-refractivity contribution < 1.29 is 28.3 Å². The van der Waals surface area contributed by atoms with E-state index >= 15 is 0 Å². The number of nitrogens with zero attached hydrogens (tertiary/aromatic N) is 1. The van der Waals surface area contributed by atoms with E-state index in [-0.39, 0.29) is 11.4 Å². The number of amides is 1. The number of aliphatic hydroxyl groups is 1. The summed E-state index contributed by atoms with van der Waals surface area (Å²) >= 11 is 0. The molecule has 9 heteroatoms. The summed E-state index contributed by atoms with van der Waals surface area (Å²) in [6, 6.07) is 5.45. The quantitative estimate of drug-likeness (QED) is 0.422. The highest BCUT2D eigenvalue weighted by atomic mass is 19.4. The van der Waals surface area contributed by atoms with Crippen molar-refractivity contribution in [3.8, 4) is 0 Å². The summed E-state index contributed by atoms with van der Waals surface area (Å²) in [4.78, 5) is 11.6. The second-order valence-corrected chi connectivity index (χ2v) is 3.78. The van der Waals surface area contributed by atoms with Gasteiger partial charge < -0.3 is 20.9 Å². The molecule has 0 saturated carbocycles. The van der Waals surface area contributed by atoms with Crippen molar-refractivity contribution in [3.05, 3.63) is 24.3 Å². The third-order valence-electron chi connectivity index (χ3n) is 2.56. The predicted octanol–water partition coefficient (Wildman–Crippen LogP) is 1.13. The number of fused-ring (bicyclic) bond motifs is 1. The average Bonchev–Trinajstić information content (AvgIpc) is 2.41.